The fraction of sp³-hybridized carbons (Fsp3) is 0.304. The third kappa shape index (κ3) is 3.71. The van der Waals surface area contributed by atoms with Crippen molar-refractivity contribution in [2.75, 3.05) is 13.2 Å². The molecule has 3 heterocycles. The van der Waals surface area contributed by atoms with Crippen LogP contribution in [0.2, 0.25) is 5.02 Å². The molecule has 2 N–H and O–H groups in total. The van der Waals surface area contributed by atoms with Gasteiger partial charge in [0.1, 0.15) is 0 Å². The molecule has 30 heavy (non-hydrogen) atoms. The normalized spacial score (nSPS) is 18.7. The highest BCUT2D eigenvalue weighted by Gasteiger charge is 2.41. The van der Waals surface area contributed by atoms with Gasteiger partial charge in [-0.1, -0.05) is 29.8 Å². The van der Waals surface area contributed by atoms with E-state index in [1.54, 1.807) is 6.20 Å². The molecule has 5 nitrogen and oxygen atoms in total. The number of pyridine rings is 1. The summed E-state index contributed by atoms with van der Waals surface area (Å²) < 4.78 is 2.19. The van der Waals surface area contributed by atoms with Gasteiger partial charge in [0.2, 0.25) is 0 Å². The summed E-state index contributed by atoms with van der Waals surface area (Å²) in [7, 11) is 0. The predicted octanol–water partition coefficient (Wildman–Crippen LogP) is 4.50. The number of aromatic nitrogens is 2. The van der Waals surface area contributed by atoms with Crippen molar-refractivity contribution < 1.29 is 5.11 Å². The van der Waals surface area contributed by atoms with Gasteiger partial charge >= 0.3 is 0 Å². The lowest BCUT2D eigenvalue weighted by molar-refractivity contribution is 0.247. The molecule has 2 aromatic heterocycles. The smallest absolute Gasteiger partial charge is 0.170 e. The molecule has 1 aromatic carbocycles. The van der Waals surface area contributed by atoms with Crippen LogP contribution < -0.4 is 5.32 Å². The Balaban J connectivity index is 1.83. The van der Waals surface area contributed by atoms with Gasteiger partial charge in [0, 0.05) is 30.7 Å². The second-order valence-corrected chi connectivity index (χ2v) is 8.30. The number of hydrogen-bond acceptors (Lipinski definition) is 3. The van der Waals surface area contributed by atoms with Gasteiger partial charge in [0.05, 0.1) is 28.5 Å². The molecule has 1 saturated heterocycles. The highest BCUT2D eigenvalue weighted by atomic mass is 35.5. The number of para-hydroxylation sites is 1. The quantitative estimate of drug-likeness (QED) is 0.553. The predicted molar refractivity (Wildman–Crippen MR) is 124 cm³/mol. The van der Waals surface area contributed by atoms with Gasteiger partial charge in [0.15, 0.2) is 5.11 Å². The van der Waals surface area contributed by atoms with Crippen LogP contribution in [-0.2, 0) is 0 Å². The standard InChI is InChI=1S/C23H25ClN4OS/c1-15-14-17(16(2)28(15)20-10-4-3-8-18(20)24)22-21(19-9-5-6-11-25-19)26-23(30)27(22)12-7-13-29/h3-6,8-11,14,21-22,29H,7,12-13H2,1-2H3,(H,26,30)/t21-,22-/m0/s1. The molecule has 0 unspecified atom stereocenters. The van der Waals surface area contributed by atoms with E-state index in [0.717, 1.165) is 22.8 Å². The number of halogens is 1. The largest absolute Gasteiger partial charge is 0.396 e. The molecule has 1 fully saturated rings. The summed E-state index contributed by atoms with van der Waals surface area (Å²) in [6, 6.07) is 15.9. The maximum absolute atomic E-state index is 9.41. The van der Waals surface area contributed by atoms with Crippen LogP contribution >= 0.6 is 23.8 Å². The molecule has 7 heteroatoms. The molecule has 1 aliphatic heterocycles. The Hall–Kier alpha value is -2.41. The average molecular weight is 441 g/mol. The minimum Gasteiger partial charge on any atom is -0.396 e. The van der Waals surface area contributed by atoms with E-state index in [0.29, 0.717) is 23.1 Å². The second-order valence-electron chi connectivity index (χ2n) is 7.51. The van der Waals surface area contributed by atoms with E-state index in [2.05, 4.69) is 39.7 Å². The SMILES string of the molecule is Cc1cc([C@H]2[C@H](c3ccccn3)NC(=S)N2CCCO)c(C)n1-c1ccccc1Cl. The van der Waals surface area contributed by atoms with Crippen LogP contribution in [0.25, 0.3) is 5.69 Å². The molecular weight excluding hydrogens is 416 g/mol. The van der Waals surface area contributed by atoms with Gasteiger partial charge in [-0.3, -0.25) is 4.98 Å². The molecule has 3 aromatic rings. The van der Waals surface area contributed by atoms with Crippen molar-refractivity contribution in [1.82, 2.24) is 19.8 Å². The number of benzene rings is 1. The average Bonchev–Trinajstić information content (AvgIpc) is 3.23. The molecule has 156 valence electrons. The number of nitrogens with one attached hydrogen (secondary N) is 1. The first-order valence-corrected chi connectivity index (χ1v) is 10.8. The van der Waals surface area contributed by atoms with E-state index < -0.39 is 0 Å². The van der Waals surface area contributed by atoms with E-state index >= 15 is 0 Å². The minimum absolute atomic E-state index is 0.0265. The molecule has 0 bridgehead atoms. The monoisotopic (exact) mass is 440 g/mol. The second kappa shape index (κ2) is 8.76. The number of rotatable bonds is 6. The van der Waals surface area contributed by atoms with E-state index in [4.69, 9.17) is 23.8 Å². The van der Waals surface area contributed by atoms with Crippen LogP contribution in [0.5, 0.6) is 0 Å². The molecule has 4 rings (SSSR count). The third-order valence-electron chi connectivity index (χ3n) is 5.64. The van der Waals surface area contributed by atoms with Crippen molar-refractivity contribution in [1.29, 1.82) is 0 Å². The van der Waals surface area contributed by atoms with Crippen LogP contribution in [0.3, 0.4) is 0 Å². The molecule has 1 aliphatic rings. The summed E-state index contributed by atoms with van der Waals surface area (Å²) in [6.45, 7) is 5.01. The molecule has 0 aliphatic carbocycles. The van der Waals surface area contributed by atoms with Gasteiger partial charge < -0.3 is 19.9 Å². The van der Waals surface area contributed by atoms with Gasteiger partial charge in [0.25, 0.3) is 0 Å². The zero-order chi connectivity index (χ0) is 21.3. The van der Waals surface area contributed by atoms with Crippen LogP contribution in [0, 0.1) is 13.8 Å². The van der Waals surface area contributed by atoms with Crippen molar-refractivity contribution in [3.63, 3.8) is 0 Å². The summed E-state index contributed by atoms with van der Waals surface area (Å²) in [5.74, 6) is 0. The first kappa shape index (κ1) is 20.8. The number of hydrogen-bond donors (Lipinski definition) is 2. The number of aliphatic hydroxyl groups excluding tert-OH is 1. The lowest BCUT2D eigenvalue weighted by Crippen LogP contribution is -2.31. The summed E-state index contributed by atoms with van der Waals surface area (Å²) in [4.78, 5) is 6.76. The first-order chi connectivity index (χ1) is 14.5. The Bertz CT molecular complexity index is 1050. The molecule has 0 amide bonds. The van der Waals surface area contributed by atoms with E-state index in [1.807, 2.05) is 42.5 Å². The van der Waals surface area contributed by atoms with Crippen molar-refractivity contribution in [3.05, 3.63) is 82.4 Å². The number of nitrogens with zero attached hydrogens (tertiary/aromatic N) is 3. The van der Waals surface area contributed by atoms with Crippen LogP contribution in [-0.4, -0.2) is 37.8 Å². The fourth-order valence-corrected chi connectivity index (χ4v) is 4.87. The summed E-state index contributed by atoms with van der Waals surface area (Å²) in [5, 5.41) is 14.3. The maximum atomic E-state index is 9.41. The Morgan fingerprint density at radius 1 is 1.17 bits per heavy atom. The Labute approximate surface area is 187 Å². The molecule has 2 atom stereocenters. The van der Waals surface area contributed by atoms with Crippen molar-refractivity contribution in [2.45, 2.75) is 32.4 Å². The van der Waals surface area contributed by atoms with Gasteiger partial charge in [-0.15, -0.1) is 0 Å². The number of aryl methyl sites for hydroxylation is 1. The van der Waals surface area contributed by atoms with Crippen molar-refractivity contribution >= 4 is 28.9 Å². The Morgan fingerprint density at radius 3 is 2.63 bits per heavy atom. The van der Waals surface area contributed by atoms with Gasteiger partial charge in [-0.05, 0) is 68.4 Å². The van der Waals surface area contributed by atoms with Crippen LogP contribution in [0.15, 0.2) is 54.7 Å². The topological polar surface area (TPSA) is 53.3 Å². The number of thiocarbonyl (C=S) groups is 1. The summed E-state index contributed by atoms with van der Waals surface area (Å²) in [6.07, 6.45) is 2.46. The van der Waals surface area contributed by atoms with Gasteiger partial charge in [-0.2, -0.15) is 0 Å². The highest BCUT2D eigenvalue weighted by Crippen LogP contribution is 2.41. The highest BCUT2D eigenvalue weighted by molar-refractivity contribution is 7.80. The van der Waals surface area contributed by atoms with E-state index in [9.17, 15) is 5.11 Å². The van der Waals surface area contributed by atoms with Crippen LogP contribution in [0.4, 0.5) is 0 Å². The fourth-order valence-electron chi connectivity index (χ4n) is 4.32. The zero-order valence-corrected chi connectivity index (χ0v) is 18.6. The molecular formula is C23H25ClN4OS. The molecule has 0 radical (unpaired) electrons. The Morgan fingerprint density at radius 2 is 1.93 bits per heavy atom. The molecule has 0 saturated carbocycles. The van der Waals surface area contributed by atoms with E-state index in [-0.39, 0.29) is 18.7 Å². The first-order valence-electron chi connectivity index (χ1n) is 10.1. The zero-order valence-electron chi connectivity index (χ0n) is 17.0. The Kier molecular flexibility index (Phi) is 6.09. The number of aliphatic hydroxyl groups is 1. The third-order valence-corrected chi connectivity index (χ3v) is 6.31. The lowest BCUT2D eigenvalue weighted by atomic mass is 9.96. The lowest BCUT2D eigenvalue weighted by Gasteiger charge is -2.28. The van der Waals surface area contributed by atoms with E-state index in [1.165, 1.54) is 5.56 Å². The van der Waals surface area contributed by atoms with Crippen LogP contribution in [0.1, 0.15) is 41.1 Å². The summed E-state index contributed by atoms with van der Waals surface area (Å²) >= 11 is 12.2. The summed E-state index contributed by atoms with van der Waals surface area (Å²) in [5.41, 5.74) is 5.31. The van der Waals surface area contributed by atoms with Crippen molar-refractivity contribution in [3.8, 4) is 5.69 Å². The minimum atomic E-state index is -0.0717. The maximum Gasteiger partial charge on any atom is 0.170 e. The van der Waals surface area contributed by atoms with Crippen molar-refractivity contribution in [2.24, 2.45) is 0 Å². The molecule has 0 spiro atoms. The van der Waals surface area contributed by atoms with Gasteiger partial charge in [-0.25, -0.2) is 0 Å².